The molecule has 0 aliphatic heterocycles. The molecular weight excluding hydrogens is 984 g/mol. The zero-order valence-corrected chi connectivity index (χ0v) is 40.4. The molecule has 0 spiro atoms. The van der Waals surface area contributed by atoms with E-state index in [0.717, 1.165) is 53.1 Å². The van der Waals surface area contributed by atoms with Crippen LogP contribution in [0.2, 0.25) is 15.5 Å². The first-order chi connectivity index (χ1) is 27.4. The number of aromatic amines is 1. The van der Waals surface area contributed by atoms with Crippen LogP contribution in [-0.4, -0.2) is 82.9 Å². The molecule has 0 aromatic carbocycles. The van der Waals surface area contributed by atoms with Crippen LogP contribution >= 0.6 is 79.5 Å². The Hall–Kier alpha value is -3.80. The minimum atomic E-state index is -0.167. The van der Waals surface area contributed by atoms with E-state index in [1.54, 1.807) is 20.0 Å². The van der Waals surface area contributed by atoms with Gasteiger partial charge in [0.1, 0.15) is 69.2 Å². The van der Waals surface area contributed by atoms with Crippen LogP contribution < -0.4 is 11.9 Å². The van der Waals surface area contributed by atoms with Gasteiger partial charge in [-0.3, -0.25) is 0 Å². The average Bonchev–Trinajstić information content (AvgIpc) is 3.95. The molecule has 0 fully saturated rings. The second kappa shape index (κ2) is 25.9. The van der Waals surface area contributed by atoms with Gasteiger partial charge >= 0.3 is 24.8 Å². The number of fused-ring (bicyclic) bond motifs is 4. The number of aliphatic hydroxyl groups excluding tert-OH is 1. The van der Waals surface area contributed by atoms with Crippen LogP contribution in [-0.2, 0) is 0 Å². The van der Waals surface area contributed by atoms with Crippen LogP contribution in [0.1, 0.15) is 73.5 Å². The topological polar surface area (TPSA) is 259 Å². The molecule has 0 unspecified atom stereocenters. The Bertz CT molecular complexity index is 2460. The minimum absolute atomic E-state index is 0. The van der Waals surface area contributed by atoms with Gasteiger partial charge in [0, 0.05) is 58.0 Å². The third-order valence-corrected chi connectivity index (χ3v) is 9.64. The quantitative estimate of drug-likeness (QED) is 0.0632. The summed E-state index contributed by atoms with van der Waals surface area (Å²) in [6, 6.07) is 4.89. The van der Waals surface area contributed by atoms with Crippen molar-refractivity contribution in [1.82, 2.24) is 64.7 Å². The van der Waals surface area contributed by atoms with Crippen LogP contribution in [0.25, 0.3) is 44.1 Å². The van der Waals surface area contributed by atoms with Gasteiger partial charge in [-0.15, -0.1) is 0 Å². The molecule has 0 bridgehead atoms. The number of H-pyrrole nitrogens is 1. The van der Waals surface area contributed by atoms with Crippen LogP contribution in [0.4, 0.5) is 5.82 Å². The van der Waals surface area contributed by atoms with Crippen molar-refractivity contribution < 1.29 is 10.6 Å². The number of nitrogen functional groups attached to an aromatic ring is 1. The molecule has 8 heterocycles. The van der Waals surface area contributed by atoms with Gasteiger partial charge in [0.15, 0.2) is 0 Å². The summed E-state index contributed by atoms with van der Waals surface area (Å²) in [5.41, 5.74) is 9.19. The van der Waals surface area contributed by atoms with E-state index < -0.39 is 0 Å². The second-order valence-corrected chi connectivity index (χ2v) is 16.1. The predicted octanol–water partition coefficient (Wildman–Crippen LogP) is 9.97. The number of aliphatic hydroxyl groups is 1. The summed E-state index contributed by atoms with van der Waals surface area (Å²) in [7, 11) is 4.34. The fourth-order valence-corrected chi connectivity index (χ4v) is 6.97. The Balaban J connectivity index is 0.000000378. The first-order valence-corrected chi connectivity index (χ1v) is 20.6. The maximum absolute atomic E-state index is 8.06. The number of halogens is 5. The van der Waals surface area contributed by atoms with Crippen molar-refractivity contribution >= 4 is 137 Å². The molecule has 9 N–H and O–H groups in total. The molecule has 60 heavy (non-hydrogen) atoms. The van der Waals surface area contributed by atoms with E-state index in [1.807, 2.05) is 30.7 Å². The Kier molecular flexibility index (Phi) is 23.4. The number of hydrogen-bond acceptors (Lipinski definition) is 13. The number of thiol groups is 1. The van der Waals surface area contributed by atoms with Gasteiger partial charge in [-0.05, 0) is 99.4 Å². The van der Waals surface area contributed by atoms with E-state index in [9.17, 15) is 0 Å². The predicted molar refractivity (Wildman–Crippen MR) is 256 cm³/mol. The van der Waals surface area contributed by atoms with Crippen LogP contribution in [0.15, 0.2) is 75.5 Å². The van der Waals surface area contributed by atoms with E-state index in [-0.39, 0.29) is 17.7 Å². The number of hydrogen-bond donors (Lipinski definition) is 5. The SMILES string of the molecule is CC(C)O.CC(C)n1cc(Br)c2c(Cl)ncnc21.CC(C)n1cc(Br)c2c(N)ncnc21.CC(C)n1ccc2c(Cl)ncnc21.Clc1ncnc2[nH]ccc12.N.O.[B]=NS. The Labute approximate surface area is 386 Å². The van der Waals surface area contributed by atoms with Gasteiger partial charge in [-0.25, -0.2) is 39.9 Å². The zero-order valence-electron chi connectivity index (χ0n) is 34.1. The Morgan fingerprint density at radius 2 is 1.10 bits per heavy atom. The fourth-order valence-electron chi connectivity index (χ4n) is 5.05. The van der Waals surface area contributed by atoms with Gasteiger partial charge in [-0.2, -0.15) is 0 Å². The second-order valence-electron chi connectivity index (χ2n) is 13.1. The van der Waals surface area contributed by atoms with Gasteiger partial charge in [0.05, 0.1) is 21.5 Å². The molecule has 8 aromatic rings. The number of nitrogens with two attached hydrogens (primary N) is 1. The first kappa shape index (κ1) is 54.2. The van der Waals surface area contributed by atoms with Crippen LogP contribution in [0, 0.1) is 0 Å². The number of aromatic nitrogens is 12. The average molecular weight is 1030 g/mol. The normalized spacial score (nSPS) is 10.4. The molecule has 0 aliphatic carbocycles. The summed E-state index contributed by atoms with van der Waals surface area (Å²) >= 11 is 27.7. The van der Waals surface area contributed by atoms with E-state index in [2.05, 4.69) is 157 Å². The van der Waals surface area contributed by atoms with Crippen molar-refractivity contribution in [1.29, 1.82) is 0 Å². The molecule has 0 atom stereocenters. The van der Waals surface area contributed by atoms with Crippen molar-refractivity contribution in [3.63, 3.8) is 0 Å². The zero-order chi connectivity index (χ0) is 43.3. The molecule has 0 saturated carbocycles. The summed E-state index contributed by atoms with van der Waals surface area (Å²) in [5.74, 6) is 0.515. The third-order valence-electron chi connectivity index (χ3n) is 7.54. The molecular formula is C36H48BBr2Cl3N15O2S. The number of nitrogens with one attached hydrogen (secondary N) is 1. The Morgan fingerprint density at radius 3 is 1.60 bits per heavy atom. The number of nitrogens with zero attached hydrogens (tertiary/aromatic N) is 12. The molecule has 8 rings (SSSR count). The summed E-state index contributed by atoms with van der Waals surface area (Å²) in [6.45, 7) is 16.1. The number of rotatable bonds is 3. The van der Waals surface area contributed by atoms with Crippen molar-refractivity contribution in [3.8, 4) is 0 Å². The van der Waals surface area contributed by atoms with Crippen LogP contribution in [0.3, 0.4) is 0 Å². The van der Waals surface area contributed by atoms with Crippen molar-refractivity contribution in [2.75, 3.05) is 5.73 Å². The molecule has 8 aromatic heterocycles. The van der Waals surface area contributed by atoms with Gasteiger partial charge < -0.3 is 41.2 Å². The Morgan fingerprint density at radius 1 is 0.683 bits per heavy atom. The molecule has 0 saturated heterocycles. The third kappa shape index (κ3) is 14.4. The van der Waals surface area contributed by atoms with Gasteiger partial charge in [0.25, 0.3) is 0 Å². The van der Waals surface area contributed by atoms with Crippen molar-refractivity contribution in [3.05, 3.63) is 86.6 Å². The number of anilines is 1. The van der Waals surface area contributed by atoms with Crippen molar-refractivity contribution in [2.24, 2.45) is 4.30 Å². The van der Waals surface area contributed by atoms with Crippen LogP contribution in [0.5, 0.6) is 0 Å². The molecule has 0 amide bonds. The molecule has 0 aliphatic rings. The molecule has 24 heteroatoms. The van der Waals surface area contributed by atoms with Gasteiger partial charge in [0.2, 0.25) is 0 Å². The fraction of sp³-hybridized carbons (Fsp3) is 0.333. The van der Waals surface area contributed by atoms with E-state index in [4.69, 9.17) is 45.6 Å². The molecule has 17 nitrogen and oxygen atoms in total. The van der Waals surface area contributed by atoms with Crippen molar-refractivity contribution in [2.45, 2.75) is 79.6 Å². The summed E-state index contributed by atoms with van der Waals surface area (Å²) in [4.78, 5) is 35.2. The molecule has 323 valence electrons. The summed E-state index contributed by atoms with van der Waals surface area (Å²) < 4.78 is 10.8. The standard InChI is InChI=1S/C9H9BrClN3.C9H11BrN4.C9H10ClN3.C6H4ClN3.C3H8O.BHNS.H3N.H2O/c2*1-5(2)14-3-6(10)7-8(11)12-4-13-9(7)14;1-6(2)13-4-3-7-8(10)11-5-12-9(7)13;7-5-4-1-2-8-6(4)10-3-9-5;1-3(2)4;1-2-3;;/h3-5H,1-2H3;3-5H,1-2H3,(H2,11,12,13);3-6H,1-2H3;1-3H,(H,8,9,10);3-4H,1-2H3;3H;1H3;1H2. The molecule has 1 radical (unpaired) electrons. The van der Waals surface area contributed by atoms with Gasteiger partial charge in [-0.1, -0.05) is 34.8 Å². The van der Waals surface area contributed by atoms with E-state index >= 15 is 0 Å². The summed E-state index contributed by atoms with van der Waals surface area (Å²) in [6.07, 6.45) is 13.5. The first-order valence-electron chi connectivity index (χ1n) is 17.5. The monoisotopic (exact) mass is 1030 g/mol. The summed E-state index contributed by atoms with van der Waals surface area (Å²) in [5, 5.41) is 13.1. The van der Waals surface area contributed by atoms with E-state index in [0.29, 0.717) is 39.4 Å². The van der Waals surface area contributed by atoms with E-state index in [1.165, 1.54) is 25.3 Å². The maximum atomic E-state index is 8.06.